The monoisotopic (exact) mass is 408 g/mol. The molecule has 0 aliphatic rings. The van der Waals surface area contributed by atoms with Crippen molar-refractivity contribution in [3.63, 3.8) is 0 Å². The first kappa shape index (κ1) is 20.9. The lowest BCUT2D eigenvalue weighted by atomic mass is 10.1. The number of hydrazone groups is 1. The maximum absolute atomic E-state index is 12.0. The van der Waals surface area contributed by atoms with Crippen LogP contribution in [0.4, 0.5) is 5.95 Å². The van der Waals surface area contributed by atoms with Crippen molar-refractivity contribution in [3.05, 3.63) is 64.4 Å². The Morgan fingerprint density at radius 2 is 1.80 bits per heavy atom. The molecule has 3 aromatic rings. The van der Waals surface area contributed by atoms with E-state index in [0.29, 0.717) is 29.5 Å². The molecular weight excluding hydrogens is 384 g/mol. The van der Waals surface area contributed by atoms with Gasteiger partial charge < -0.3 is 14.2 Å². The van der Waals surface area contributed by atoms with Crippen LogP contribution in [0.15, 0.2) is 58.4 Å². The molecule has 1 heterocycles. The molecule has 0 radical (unpaired) electrons. The van der Waals surface area contributed by atoms with Crippen LogP contribution in [0.5, 0.6) is 17.2 Å². The Hall–Kier alpha value is -3.81. The molecule has 0 amide bonds. The fraction of sp³-hybridized carbons (Fsp3) is 0.227. The van der Waals surface area contributed by atoms with E-state index in [1.165, 1.54) is 6.07 Å². The van der Waals surface area contributed by atoms with E-state index in [2.05, 4.69) is 20.5 Å². The number of nitrogens with one attached hydrogen (secondary N) is 2. The predicted molar refractivity (Wildman–Crippen MR) is 117 cm³/mol. The van der Waals surface area contributed by atoms with Crippen LogP contribution in [-0.2, 0) is 0 Å². The molecule has 156 valence electrons. The molecule has 0 bridgehead atoms. The number of aromatic amines is 1. The second-order valence-corrected chi connectivity index (χ2v) is 6.32. The van der Waals surface area contributed by atoms with E-state index < -0.39 is 0 Å². The maximum Gasteiger partial charge on any atom is 0.252 e. The van der Waals surface area contributed by atoms with Gasteiger partial charge in [0.15, 0.2) is 11.5 Å². The zero-order valence-electron chi connectivity index (χ0n) is 17.1. The summed E-state index contributed by atoms with van der Waals surface area (Å²) in [7, 11) is 3.13. The van der Waals surface area contributed by atoms with E-state index in [-0.39, 0.29) is 11.5 Å². The van der Waals surface area contributed by atoms with E-state index in [1.807, 2.05) is 37.3 Å². The lowest BCUT2D eigenvalue weighted by Gasteiger charge is -2.14. The first-order chi connectivity index (χ1) is 14.6. The van der Waals surface area contributed by atoms with Gasteiger partial charge in [-0.1, -0.05) is 37.3 Å². The SMILES string of the molecule is CCCOc1c(OC)cc(/C=N\Nc2nc(-c3ccccc3)cc(=O)[nH]2)cc1OC. The third-order valence-corrected chi connectivity index (χ3v) is 4.13. The quantitative estimate of drug-likeness (QED) is 0.414. The van der Waals surface area contributed by atoms with Gasteiger partial charge >= 0.3 is 0 Å². The highest BCUT2D eigenvalue weighted by molar-refractivity contribution is 5.83. The topological polar surface area (TPSA) is 97.8 Å². The summed E-state index contributed by atoms with van der Waals surface area (Å²) < 4.78 is 16.6. The average Bonchev–Trinajstić information content (AvgIpc) is 2.77. The number of benzene rings is 2. The molecule has 0 spiro atoms. The molecule has 0 aliphatic carbocycles. The van der Waals surface area contributed by atoms with Crippen molar-refractivity contribution < 1.29 is 14.2 Å². The van der Waals surface area contributed by atoms with Crippen LogP contribution in [0.2, 0.25) is 0 Å². The van der Waals surface area contributed by atoms with Gasteiger partial charge in [0.25, 0.3) is 5.56 Å². The minimum Gasteiger partial charge on any atom is -0.493 e. The van der Waals surface area contributed by atoms with Crippen LogP contribution in [0.1, 0.15) is 18.9 Å². The van der Waals surface area contributed by atoms with E-state index in [1.54, 1.807) is 32.6 Å². The number of methoxy groups -OCH3 is 2. The Bertz CT molecular complexity index is 1040. The Morgan fingerprint density at radius 3 is 2.43 bits per heavy atom. The molecule has 2 N–H and O–H groups in total. The van der Waals surface area contributed by atoms with Crippen molar-refractivity contribution in [1.29, 1.82) is 0 Å². The summed E-state index contributed by atoms with van der Waals surface area (Å²) in [6, 6.07) is 14.5. The fourth-order valence-electron chi connectivity index (χ4n) is 2.76. The van der Waals surface area contributed by atoms with Gasteiger partial charge in [0, 0.05) is 17.2 Å². The third kappa shape index (κ3) is 5.16. The zero-order chi connectivity index (χ0) is 21.3. The highest BCUT2D eigenvalue weighted by atomic mass is 16.5. The van der Waals surface area contributed by atoms with Crippen LogP contribution in [0, 0.1) is 0 Å². The lowest BCUT2D eigenvalue weighted by Crippen LogP contribution is -2.10. The van der Waals surface area contributed by atoms with Crippen molar-refractivity contribution in [3.8, 4) is 28.5 Å². The average molecular weight is 408 g/mol. The molecule has 0 fully saturated rings. The first-order valence-corrected chi connectivity index (χ1v) is 9.49. The number of anilines is 1. The van der Waals surface area contributed by atoms with E-state index in [0.717, 1.165) is 17.5 Å². The van der Waals surface area contributed by atoms with Gasteiger partial charge in [0.2, 0.25) is 11.7 Å². The molecule has 30 heavy (non-hydrogen) atoms. The van der Waals surface area contributed by atoms with Crippen molar-refractivity contribution >= 4 is 12.2 Å². The van der Waals surface area contributed by atoms with E-state index in [9.17, 15) is 4.79 Å². The van der Waals surface area contributed by atoms with E-state index in [4.69, 9.17) is 14.2 Å². The number of hydrogen-bond acceptors (Lipinski definition) is 7. The zero-order valence-corrected chi connectivity index (χ0v) is 17.1. The van der Waals surface area contributed by atoms with Crippen LogP contribution in [-0.4, -0.2) is 37.0 Å². The molecule has 1 aromatic heterocycles. The molecule has 3 rings (SSSR count). The molecule has 8 nitrogen and oxygen atoms in total. The smallest absolute Gasteiger partial charge is 0.252 e. The first-order valence-electron chi connectivity index (χ1n) is 9.49. The minimum atomic E-state index is -0.276. The summed E-state index contributed by atoms with van der Waals surface area (Å²) in [6.07, 6.45) is 2.44. The maximum atomic E-state index is 12.0. The predicted octanol–water partition coefficient (Wildman–Crippen LogP) is 3.69. The van der Waals surface area contributed by atoms with Gasteiger partial charge in [0.05, 0.1) is 32.7 Å². The summed E-state index contributed by atoms with van der Waals surface area (Å²) in [4.78, 5) is 19.0. The van der Waals surface area contributed by atoms with Gasteiger partial charge in [-0.05, 0) is 18.6 Å². The second-order valence-electron chi connectivity index (χ2n) is 6.32. The number of ether oxygens (including phenoxy) is 3. The molecule has 2 aromatic carbocycles. The number of hydrogen-bond donors (Lipinski definition) is 2. The fourth-order valence-corrected chi connectivity index (χ4v) is 2.76. The number of nitrogens with zero attached hydrogens (tertiary/aromatic N) is 2. The summed E-state index contributed by atoms with van der Waals surface area (Å²) >= 11 is 0. The van der Waals surface area contributed by atoms with Crippen LogP contribution in [0.25, 0.3) is 11.3 Å². The second kappa shape index (κ2) is 10.1. The van der Waals surface area contributed by atoms with E-state index >= 15 is 0 Å². The summed E-state index contributed by atoms with van der Waals surface area (Å²) in [5.41, 5.74) is 4.60. The Labute approximate surface area is 174 Å². The highest BCUT2D eigenvalue weighted by Gasteiger charge is 2.13. The molecule has 0 saturated heterocycles. The van der Waals surface area contributed by atoms with Crippen molar-refractivity contribution in [2.24, 2.45) is 5.10 Å². The molecule has 0 aliphatic heterocycles. The minimum absolute atomic E-state index is 0.236. The molecule has 0 atom stereocenters. The molecule has 0 unspecified atom stereocenters. The third-order valence-electron chi connectivity index (χ3n) is 4.13. The van der Waals surface area contributed by atoms with Gasteiger partial charge in [0.1, 0.15) is 0 Å². The highest BCUT2D eigenvalue weighted by Crippen LogP contribution is 2.38. The lowest BCUT2D eigenvalue weighted by molar-refractivity contribution is 0.275. The van der Waals surface area contributed by atoms with Gasteiger partial charge in [-0.25, -0.2) is 10.4 Å². The van der Waals surface area contributed by atoms with Crippen molar-refractivity contribution in [1.82, 2.24) is 9.97 Å². The van der Waals surface area contributed by atoms with Crippen LogP contribution in [0.3, 0.4) is 0 Å². The normalized spacial score (nSPS) is 10.8. The van der Waals surface area contributed by atoms with Crippen LogP contribution < -0.4 is 25.2 Å². The Balaban J connectivity index is 1.81. The van der Waals surface area contributed by atoms with Gasteiger partial charge in [-0.3, -0.25) is 9.78 Å². The molecule has 8 heteroatoms. The molecular formula is C22H24N4O4. The van der Waals surface area contributed by atoms with Crippen LogP contribution >= 0.6 is 0 Å². The number of rotatable bonds is 9. The van der Waals surface area contributed by atoms with Crippen molar-refractivity contribution in [2.75, 3.05) is 26.3 Å². The van der Waals surface area contributed by atoms with Gasteiger partial charge in [-0.2, -0.15) is 5.10 Å². The van der Waals surface area contributed by atoms with Crippen molar-refractivity contribution in [2.45, 2.75) is 13.3 Å². The standard InChI is InChI=1S/C22H24N4O4/c1-4-10-30-21-18(28-2)11-15(12-19(21)29-3)14-23-26-22-24-17(13-20(27)25-22)16-8-6-5-7-9-16/h5-9,11-14H,4,10H2,1-3H3,(H2,24,25,26,27)/b23-14-. The Morgan fingerprint density at radius 1 is 1.10 bits per heavy atom. The molecule has 0 saturated carbocycles. The summed E-state index contributed by atoms with van der Waals surface area (Å²) in [5, 5.41) is 4.17. The largest absolute Gasteiger partial charge is 0.493 e. The summed E-state index contributed by atoms with van der Waals surface area (Å²) in [5.74, 6) is 1.87. The number of aromatic nitrogens is 2. The number of H-pyrrole nitrogens is 1. The Kier molecular flexibility index (Phi) is 7.05. The van der Waals surface area contributed by atoms with Gasteiger partial charge in [-0.15, -0.1) is 0 Å². The summed E-state index contributed by atoms with van der Waals surface area (Å²) in [6.45, 7) is 2.58.